The Morgan fingerprint density at radius 3 is 2.45 bits per heavy atom. The van der Waals surface area contributed by atoms with Crippen molar-refractivity contribution in [1.29, 1.82) is 0 Å². The topological polar surface area (TPSA) is 51.4 Å². The first-order valence-electron chi connectivity index (χ1n) is 11.5. The molecule has 5 heteroatoms. The van der Waals surface area contributed by atoms with E-state index >= 15 is 0 Å². The molecule has 2 heterocycles. The molecule has 3 aromatic rings. The molecule has 0 radical (unpaired) electrons. The van der Waals surface area contributed by atoms with E-state index in [2.05, 4.69) is 28.6 Å². The zero-order valence-corrected chi connectivity index (χ0v) is 19.8. The summed E-state index contributed by atoms with van der Waals surface area (Å²) in [7, 11) is 0. The number of pyridine rings is 1. The molecule has 2 aromatic carbocycles. The maximum atomic E-state index is 5.99. The molecule has 1 saturated heterocycles. The largest absolute Gasteiger partial charge is 0.492 e. The quantitative estimate of drug-likeness (QED) is 0.503. The number of hydrogen-bond acceptors (Lipinski definition) is 4. The van der Waals surface area contributed by atoms with Gasteiger partial charge in [0.25, 0.3) is 0 Å². The van der Waals surface area contributed by atoms with Crippen molar-refractivity contribution in [1.82, 2.24) is 9.88 Å². The maximum Gasteiger partial charge on any atom is 0.119 e. The highest BCUT2D eigenvalue weighted by Crippen LogP contribution is 2.23. The van der Waals surface area contributed by atoms with Crippen molar-refractivity contribution in [2.75, 3.05) is 26.2 Å². The summed E-state index contributed by atoms with van der Waals surface area (Å²) in [5.74, 6) is 8.09. The van der Waals surface area contributed by atoms with E-state index in [1.54, 1.807) is 0 Å². The van der Waals surface area contributed by atoms with Crippen LogP contribution in [0.4, 0.5) is 0 Å². The molecule has 2 N–H and O–H groups in total. The predicted molar refractivity (Wildman–Crippen MR) is 135 cm³/mol. The molecule has 1 aliphatic heterocycles. The van der Waals surface area contributed by atoms with Crippen molar-refractivity contribution < 1.29 is 4.74 Å². The second-order valence-electron chi connectivity index (χ2n) is 8.59. The number of nitrogens with two attached hydrogens (primary N) is 1. The minimum Gasteiger partial charge on any atom is -0.492 e. The summed E-state index contributed by atoms with van der Waals surface area (Å²) in [6.45, 7) is 6.76. The summed E-state index contributed by atoms with van der Waals surface area (Å²) in [6, 6.07) is 17.6. The fourth-order valence-electron chi connectivity index (χ4n) is 3.92. The van der Waals surface area contributed by atoms with Crippen LogP contribution in [-0.2, 0) is 6.54 Å². The molecule has 0 aliphatic carbocycles. The molecule has 0 unspecified atom stereocenters. The molecular formula is C28H30ClN3O. The van der Waals surface area contributed by atoms with E-state index in [0.717, 1.165) is 40.5 Å². The Kier molecular flexibility index (Phi) is 8.01. The molecule has 170 valence electrons. The number of ether oxygens (including phenoxy) is 1. The van der Waals surface area contributed by atoms with Gasteiger partial charge in [0.1, 0.15) is 18.1 Å². The lowest BCUT2D eigenvalue weighted by Crippen LogP contribution is -2.35. The van der Waals surface area contributed by atoms with Gasteiger partial charge in [0, 0.05) is 41.0 Å². The summed E-state index contributed by atoms with van der Waals surface area (Å²) in [5.41, 5.74) is 10.5. The Morgan fingerprint density at radius 2 is 1.76 bits per heavy atom. The third-order valence-corrected chi connectivity index (χ3v) is 6.35. The van der Waals surface area contributed by atoms with E-state index in [4.69, 9.17) is 22.1 Å². The number of likely N-dealkylation sites (tertiary alicyclic amines) is 1. The molecule has 1 aliphatic rings. The molecule has 0 bridgehead atoms. The van der Waals surface area contributed by atoms with Gasteiger partial charge in [-0.05, 0) is 85.8 Å². The number of nitrogens with zero attached hydrogens (tertiary/aromatic N) is 2. The van der Waals surface area contributed by atoms with Gasteiger partial charge in [0.2, 0.25) is 0 Å². The first-order valence-corrected chi connectivity index (χ1v) is 11.9. The summed E-state index contributed by atoms with van der Waals surface area (Å²) < 4.78 is 5.93. The van der Waals surface area contributed by atoms with Gasteiger partial charge in [-0.25, -0.2) is 4.98 Å². The van der Waals surface area contributed by atoms with Crippen LogP contribution in [0.3, 0.4) is 0 Å². The van der Waals surface area contributed by atoms with Gasteiger partial charge < -0.3 is 10.5 Å². The Balaban J connectivity index is 1.36. The van der Waals surface area contributed by atoms with Crippen LogP contribution in [0, 0.1) is 17.8 Å². The van der Waals surface area contributed by atoms with Crippen LogP contribution in [0.5, 0.6) is 5.75 Å². The van der Waals surface area contributed by atoms with Gasteiger partial charge in [0.05, 0.1) is 0 Å². The Hall–Kier alpha value is -2.84. The number of piperidine rings is 1. The molecule has 0 atom stereocenters. The predicted octanol–water partition coefficient (Wildman–Crippen LogP) is 5.37. The van der Waals surface area contributed by atoms with E-state index in [1.807, 2.05) is 60.8 Å². The molecule has 0 spiro atoms. The van der Waals surface area contributed by atoms with Crippen LogP contribution in [0.2, 0.25) is 5.02 Å². The molecular weight excluding hydrogens is 430 g/mol. The van der Waals surface area contributed by atoms with Gasteiger partial charge in [0.15, 0.2) is 0 Å². The van der Waals surface area contributed by atoms with E-state index in [0.29, 0.717) is 23.9 Å². The average Bonchev–Trinajstić information content (AvgIpc) is 2.85. The van der Waals surface area contributed by atoms with Crippen molar-refractivity contribution >= 4 is 11.6 Å². The molecule has 1 fully saturated rings. The standard InChI is InChI=1S/C28H30ClN3O/c1-21-12-14-32(15-13-21)16-17-33-27-9-2-22(3-10-27)4-11-28-24(19-30)18-25(20-31-28)23-5-7-26(29)8-6-23/h2-3,5-10,18,20-21H,12-17,19,30H2,1H3. The fourth-order valence-corrected chi connectivity index (χ4v) is 4.05. The van der Waals surface area contributed by atoms with Gasteiger partial charge in [-0.3, -0.25) is 4.90 Å². The van der Waals surface area contributed by atoms with Crippen molar-refractivity contribution in [3.63, 3.8) is 0 Å². The summed E-state index contributed by atoms with van der Waals surface area (Å²) in [5, 5.41) is 0.710. The molecule has 0 saturated carbocycles. The van der Waals surface area contributed by atoms with Crippen molar-refractivity contribution in [2.24, 2.45) is 11.7 Å². The average molecular weight is 460 g/mol. The third-order valence-electron chi connectivity index (χ3n) is 6.10. The SMILES string of the molecule is CC1CCN(CCOc2ccc(C#Cc3ncc(-c4ccc(Cl)cc4)cc3CN)cc2)CC1. The van der Waals surface area contributed by atoms with Gasteiger partial charge >= 0.3 is 0 Å². The summed E-state index contributed by atoms with van der Waals surface area (Å²) in [4.78, 5) is 7.04. The number of hydrogen-bond donors (Lipinski definition) is 1. The minimum atomic E-state index is 0.376. The number of halogens is 1. The molecule has 0 amide bonds. The fraction of sp³-hybridized carbons (Fsp3) is 0.321. The highest BCUT2D eigenvalue weighted by atomic mass is 35.5. The normalized spacial score (nSPS) is 14.5. The van der Waals surface area contributed by atoms with E-state index in [-0.39, 0.29) is 0 Å². The van der Waals surface area contributed by atoms with Crippen LogP contribution in [0.25, 0.3) is 11.1 Å². The van der Waals surface area contributed by atoms with E-state index < -0.39 is 0 Å². The number of benzene rings is 2. The van der Waals surface area contributed by atoms with Crippen LogP contribution < -0.4 is 10.5 Å². The Morgan fingerprint density at radius 1 is 1.03 bits per heavy atom. The molecule has 4 rings (SSSR count). The lowest BCUT2D eigenvalue weighted by Gasteiger charge is -2.29. The Bertz CT molecular complexity index is 1110. The smallest absolute Gasteiger partial charge is 0.119 e. The van der Waals surface area contributed by atoms with Crippen LogP contribution in [0.15, 0.2) is 60.8 Å². The van der Waals surface area contributed by atoms with Gasteiger partial charge in [-0.2, -0.15) is 0 Å². The van der Waals surface area contributed by atoms with Gasteiger partial charge in [-0.15, -0.1) is 0 Å². The lowest BCUT2D eigenvalue weighted by molar-refractivity contribution is 0.160. The van der Waals surface area contributed by atoms with Crippen LogP contribution in [-0.4, -0.2) is 36.1 Å². The minimum absolute atomic E-state index is 0.376. The second kappa shape index (κ2) is 11.3. The zero-order chi connectivity index (χ0) is 23.0. The summed E-state index contributed by atoms with van der Waals surface area (Å²) >= 11 is 5.99. The van der Waals surface area contributed by atoms with Crippen LogP contribution in [0.1, 0.15) is 36.6 Å². The first kappa shape index (κ1) is 23.3. The number of aromatic nitrogens is 1. The van der Waals surface area contributed by atoms with Crippen molar-refractivity contribution in [3.8, 4) is 28.7 Å². The van der Waals surface area contributed by atoms with E-state index in [1.165, 1.54) is 25.9 Å². The number of rotatable bonds is 6. The van der Waals surface area contributed by atoms with Crippen LogP contribution >= 0.6 is 11.6 Å². The molecule has 1 aromatic heterocycles. The maximum absolute atomic E-state index is 5.99. The Labute approximate surface area is 201 Å². The lowest BCUT2D eigenvalue weighted by atomic mass is 9.99. The second-order valence-corrected chi connectivity index (χ2v) is 9.03. The highest BCUT2D eigenvalue weighted by molar-refractivity contribution is 6.30. The van der Waals surface area contributed by atoms with Gasteiger partial charge in [-0.1, -0.05) is 36.6 Å². The monoisotopic (exact) mass is 459 g/mol. The summed E-state index contributed by atoms with van der Waals surface area (Å²) in [6.07, 6.45) is 4.41. The van der Waals surface area contributed by atoms with Crippen molar-refractivity contribution in [3.05, 3.63) is 82.6 Å². The first-order chi connectivity index (χ1) is 16.1. The zero-order valence-electron chi connectivity index (χ0n) is 19.1. The van der Waals surface area contributed by atoms with Crippen molar-refractivity contribution in [2.45, 2.75) is 26.3 Å². The molecule has 4 nitrogen and oxygen atoms in total. The van der Waals surface area contributed by atoms with E-state index in [9.17, 15) is 0 Å². The molecule has 33 heavy (non-hydrogen) atoms. The highest BCUT2D eigenvalue weighted by Gasteiger charge is 2.15. The third kappa shape index (κ3) is 6.58.